The molecule has 5 heteroatoms. The zero-order chi connectivity index (χ0) is 11.7. The van der Waals surface area contributed by atoms with Crippen LogP contribution in [0.5, 0.6) is 0 Å². The molecule has 1 rings (SSSR count). The van der Waals surface area contributed by atoms with Gasteiger partial charge in [-0.15, -0.1) is 6.42 Å². The first kappa shape index (κ1) is 12.5. The van der Waals surface area contributed by atoms with Crippen molar-refractivity contribution in [1.29, 1.82) is 0 Å². The summed E-state index contributed by atoms with van der Waals surface area (Å²) in [5.41, 5.74) is -0.455. The van der Waals surface area contributed by atoms with E-state index < -0.39 is 20.9 Å². The van der Waals surface area contributed by atoms with E-state index in [2.05, 4.69) is 5.92 Å². The fourth-order valence-electron chi connectivity index (χ4n) is 1.78. The summed E-state index contributed by atoms with van der Waals surface area (Å²) in [6.45, 7) is 4.85. The van der Waals surface area contributed by atoms with Crippen molar-refractivity contribution in [2.24, 2.45) is 0 Å². The van der Waals surface area contributed by atoms with Crippen LogP contribution in [0.4, 0.5) is 0 Å². The Morgan fingerprint density at radius 2 is 2.13 bits per heavy atom. The molecule has 1 atom stereocenters. The highest BCUT2D eigenvalue weighted by atomic mass is 32.2. The smallest absolute Gasteiger partial charge is 0.269 e. The highest BCUT2D eigenvalue weighted by Gasteiger charge is 2.34. The minimum atomic E-state index is -3.94. The van der Waals surface area contributed by atoms with Crippen LogP contribution in [-0.2, 0) is 10.1 Å². The Balaban J connectivity index is 2.79. The van der Waals surface area contributed by atoms with Gasteiger partial charge in [-0.2, -0.15) is 8.42 Å². The summed E-state index contributed by atoms with van der Waals surface area (Å²) in [7, 11) is -3.94. The molecule has 86 valence electrons. The number of rotatable bonds is 2. The predicted molar refractivity (Wildman–Crippen MR) is 59.1 cm³/mol. The first-order valence-electron chi connectivity index (χ1n) is 4.96. The third-order valence-corrected chi connectivity index (χ3v) is 4.17. The predicted octanol–water partition coefficient (Wildman–Crippen LogP) is 0.750. The summed E-state index contributed by atoms with van der Waals surface area (Å²) < 4.78 is 31.0. The van der Waals surface area contributed by atoms with Gasteiger partial charge >= 0.3 is 0 Å². The average Bonchev–Trinajstić information content (AvgIpc) is 2.17. The first-order valence-corrected chi connectivity index (χ1v) is 6.47. The van der Waals surface area contributed by atoms with Crippen LogP contribution < -0.4 is 0 Å². The van der Waals surface area contributed by atoms with Gasteiger partial charge in [0, 0.05) is 6.54 Å². The monoisotopic (exact) mass is 231 g/mol. The number of terminal acetylenes is 1. The van der Waals surface area contributed by atoms with Gasteiger partial charge in [0.2, 0.25) is 0 Å². The fourth-order valence-corrected chi connectivity index (χ4v) is 2.61. The van der Waals surface area contributed by atoms with E-state index in [1.807, 2.05) is 18.7 Å². The molecule has 1 aliphatic heterocycles. The van der Waals surface area contributed by atoms with E-state index in [0.717, 1.165) is 13.0 Å². The summed E-state index contributed by atoms with van der Waals surface area (Å²) >= 11 is 0. The summed E-state index contributed by atoms with van der Waals surface area (Å²) in [6, 6.07) is 0. The summed E-state index contributed by atoms with van der Waals surface area (Å²) in [6.07, 6.45) is 6.64. The molecule has 0 radical (unpaired) electrons. The van der Waals surface area contributed by atoms with Crippen molar-refractivity contribution in [3.8, 4) is 12.3 Å². The van der Waals surface area contributed by atoms with Crippen LogP contribution in [0, 0.1) is 12.3 Å². The molecule has 0 aromatic carbocycles. The lowest BCUT2D eigenvalue weighted by Gasteiger charge is -2.39. The van der Waals surface area contributed by atoms with Crippen molar-refractivity contribution in [1.82, 2.24) is 4.90 Å². The Bertz CT molecular complexity index is 367. The highest BCUT2D eigenvalue weighted by molar-refractivity contribution is 7.86. The minimum absolute atomic E-state index is 0.316. The maximum Gasteiger partial charge on any atom is 0.269 e. The summed E-state index contributed by atoms with van der Waals surface area (Å²) in [4.78, 5) is 1.93. The molecule has 0 bridgehead atoms. The summed E-state index contributed by atoms with van der Waals surface area (Å²) in [5, 5.41) is -0.695. The number of hydrogen-bond acceptors (Lipinski definition) is 3. The molecule has 0 saturated carbocycles. The number of nitrogens with zero attached hydrogens (tertiary/aromatic N) is 1. The molecule has 0 aromatic heterocycles. The Hall–Kier alpha value is -0.570. The lowest BCUT2D eigenvalue weighted by atomic mass is 9.99. The Morgan fingerprint density at radius 3 is 2.60 bits per heavy atom. The topological polar surface area (TPSA) is 57.6 Å². The van der Waals surface area contributed by atoms with Crippen molar-refractivity contribution < 1.29 is 13.0 Å². The van der Waals surface area contributed by atoms with Crippen molar-refractivity contribution in [2.45, 2.75) is 37.5 Å². The van der Waals surface area contributed by atoms with Crippen LogP contribution in [0.1, 0.15) is 26.7 Å². The Morgan fingerprint density at radius 1 is 1.53 bits per heavy atom. The van der Waals surface area contributed by atoms with Gasteiger partial charge in [0.05, 0.1) is 10.8 Å². The lowest BCUT2D eigenvalue weighted by Crippen LogP contribution is -2.51. The standard InChI is InChI=1S/C10H17NO3S/c1-4-10(2,3)11-7-5-6-9(8-11)15(12,13)14/h1,9H,5-8H2,2-3H3,(H,12,13,14). The van der Waals surface area contributed by atoms with E-state index >= 15 is 0 Å². The van der Waals surface area contributed by atoms with Gasteiger partial charge in [-0.1, -0.05) is 5.92 Å². The SMILES string of the molecule is C#CC(C)(C)N1CCCC(S(=O)(=O)O)C1. The molecular formula is C10H17NO3S. The average molecular weight is 231 g/mol. The quantitative estimate of drug-likeness (QED) is 0.563. The van der Waals surface area contributed by atoms with Crippen molar-refractivity contribution in [2.75, 3.05) is 13.1 Å². The zero-order valence-electron chi connectivity index (χ0n) is 9.10. The second kappa shape index (κ2) is 4.12. The number of hydrogen-bond donors (Lipinski definition) is 1. The van der Waals surface area contributed by atoms with Crippen LogP contribution in [0.2, 0.25) is 0 Å². The molecule has 0 spiro atoms. The second-order valence-corrected chi connectivity index (χ2v) is 6.13. The molecular weight excluding hydrogens is 214 g/mol. The minimum Gasteiger partial charge on any atom is -0.286 e. The second-order valence-electron chi connectivity index (χ2n) is 4.43. The van der Waals surface area contributed by atoms with Gasteiger partial charge in [-0.3, -0.25) is 9.45 Å². The Labute approximate surface area is 91.4 Å². The molecule has 1 unspecified atom stereocenters. The maximum atomic E-state index is 11.0. The lowest BCUT2D eigenvalue weighted by molar-refractivity contribution is 0.139. The van der Waals surface area contributed by atoms with Gasteiger partial charge in [0.15, 0.2) is 0 Å². The molecule has 1 fully saturated rings. The molecule has 1 heterocycles. The van der Waals surface area contributed by atoms with E-state index in [0.29, 0.717) is 13.0 Å². The van der Waals surface area contributed by atoms with Crippen molar-refractivity contribution in [3.63, 3.8) is 0 Å². The molecule has 1 aliphatic rings. The highest BCUT2D eigenvalue weighted by Crippen LogP contribution is 2.23. The number of likely N-dealkylation sites (tertiary alicyclic amines) is 1. The molecule has 0 aliphatic carbocycles. The third kappa shape index (κ3) is 2.94. The maximum absolute atomic E-state index is 11.0. The van der Waals surface area contributed by atoms with E-state index in [9.17, 15) is 8.42 Å². The normalized spacial score (nSPS) is 24.8. The van der Waals surface area contributed by atoms with Crippen molar-refractivity contribution in [3.05, 3.63) is 0 Å². The largest absolute Gasteiger partial charge is 0.286 e. The van der Waals surface area contributed by atoms with E-state index in [4.69, 9.17) is 11.0 Å². The van der Waals surface area contributed by atoms with E-state index in [-0.39, 0.29) is 0 Å². The van der Waals surface area contributed by atoms with Gasteiger partial charge in [0.25, 0.3) is 10.1 Å². The molecule has 1 N–H and O–H groups in total. The van der Waals surface area contributed by atoms with Crippen LogP contribution >= 0.6 is 0 Å². The van der Waals surface area contributed by atoms with Gasteiger partial charge in [0.1, 0.15) is 0 Å². The van der Waals surface area contributed by atoms with Gasteiger partial charge in [-0.05, 0) is 33.2 Å². The molecule has 15 heavy (non-hydrogen) atoms. The fraction of sp³-hybridized carbons (Fsp3) is 0.800. The molecule has 4 nitrogen and oxygen atoms in total. The molecule has 1 saturated heterocycles. The zero-order valence-corrected chi connectivity index (χ0v) is 9.92. The van der Waals surface area contributed by atoms with E-state index in [1.54, 1.807) is 0 Å². The summed E-state index contributed by atoms with van der Waals surface area (Å²) in [5.74, 6) is 2.63. The molecule has 0 amide bonds. The molecule has 0 aromatic rings. The third-order valence-electron chi connectivity index (χ3n) is 2.94. The van der Waals surface area contributed by atoms with Crippen molar-refractivity contribution >= 4 is 10.1 Å². The van der Waals surface area contributed by atoms with Gasteiger partial charge in [-0.25, -0.2) is 0 Å². The van der Waals surface area contributed by atoms with Gasteiger partial charge < -0.3 is 0 Å². The van der Waals surface area contributed by atoms with Crippen LogP contribution in [0.3, 0.4) is 0 Å². The van der Waals surface area contributed by atoms with Crippen LogP contribution in [0.25, 0.3) is 0 Å². The first-order chi connectivity index (χ1) is 6.77. The van der Waals surface area contributed by atoms with E-state index in [1.165, 1.54) is 0 Å². The van der Waals surface area contributed by atoms with Crippen LogP contribution in [0.15, 0.2) is 0 Å². The number of piperidine rings is 1. The van der Waals surface area contributed by atoms with Crippen LogP contribution in [-0.4, -0.2) is 41.7 Å². The Kier molecular flexibility index (Phi) is 3.44.